The van der Waals surface area contributed by atoms with Crippen LogP contribution in [0.3, 0.4) is 0 Å². The van der Waals surface area contributed by atoms with Crippen LogP contribution in [0.1, 0.15) is 56.3 Å². The number of halogens is 2. The number of hydrogen-bond acceptors (Lipinski definition) is 1. The van der Waals surface area contributed by atoms with E-state index in [4.69, 9.17) is 0 Å². The lowest BCUT2D eigenvalue weighted by atomic mass is 10.1. The second-order valence-corrected chi connectivity index (χ2v) is 7.41. The topological polar surface area (TPSA) is 20.3 Å². The van der Waals surface area contributed by atoms with Crippen molar-refractivity contribution in [3.8, 4) is 0 Å². The Kier molecular flexibility index (Phi) is 6.02. The van der Waals surface area contributed by atoms with Crippen LogP contribution in [0, 0.1) is 15.3 Å². The van der Waals surface area contributed by atoms with Crippen LogP contribution in [-0.2, 0) is 0 Å². The van der Waals surface area contributed by atoms with Crippen molar-refractivity contribution >= 4 is 28.5 Å². The molecule has 21 heavy (non-hydrogen) atoms. The van der Waals surface area contributed by atoms with Crippen molar-refractivity contribution in [1.82, 2.24) is 4.90 Å². The highest BCUT2D eigenvalue weighted by Gasteiger charge is 2.28. The maximum absolute atomic E-state index is 13.2. The van der Waals surface area contributed by atoms with Gasteiger partial charge in [-0.25, -0.2) is 4.39 Å². The SMILES string of the molecule is CC(C)CCN(C(=O)c1ccc(F)cc1I)C1CCCC1. The maximum Gasteiger partial charge on any atom is 0.255 e. The van der Waals surface area contributed by atoms with Gasteiger partial charge in [0.1, 0.15) is 5.82 Å². The van der Waals surface area contributed by atoms with Crippen LogP contribution in [0.2, 0.25) is 0 Å². The van der Waals surface area contributed by atoms with E-state index in [0.29, 0.717) is 21.1 Å². The van der Waals surface area contributed by atoms with Gasteiger partial charge in [-0.1, -0.05) is 26.7 Å². The predicted octanol–water partition coefficient (Wildman–Crippen LogP) is 4.86. The molecule has 0 saturated heterocycles. The zero-order valence-electron chi connectivity index (χ0n) is 12.7. The number of carbonyl (C=O) groups excluding carboxylic acids is 1. The quantitative estimate of drug-likeness (QED) is 0.643. The average molecular weight is 403 g/mol. The van der Waals surface area contributed by atoms with Gasteiger partial charge in [-0.3, -0.25) is 4.79 Å². The number of amides is 1. The molecule has 0 atom stereocenters. The van der Waals surface area contributed by atoms with Gasteiger partial charge in [0.05, 0.1) is 5.56 Å². The second kappa shape index (κ2) is 7.56. The van der Waals surface area contributed by atoms with Gasteiger partial charge < -0.3 is 4.90 Å². The Hall–Kier alpha value is -0.650. The first-order valence-corrected chi connectivity index (χ1v) is 8.83. The Morgan fingerprint density at radius 1 is 1.38 bits per heavy atom. The number of carbonyl (C=O) groups is 1. The number of nitrogens with zero attached hydrogens (tertiary/aromatic N) is 1. The molecule has 0 unspecified atom stereocenters. The van der Waals surface area contributed by atoms with Crippen molar-refractivity contribution in [2.24, 2.45) is 5.92 Å². The lowest BCUT2D eigenvalue weighted by molar-refractivity contribution is 0.0670. The molecule has 1 fully saturated rings. The number of hydrogen-bond donors (Lipinski definition) is 0. The van der Waals surface area contributed by atoms with E-state index in [2.05, 4.69) is 36.4 Å². The predicted molar refractivity (Wildman–Crippen MR) is 91.9 cm³/mol. The molecule has 1 saturated carbocycles. The average Bonchev–Trinajstić information content (AvgIpc) is 2.92. The summed E-state index contributed by atoms with van der Waals surface area (Å²) in [6, 6.07) is 4.79. The number of benzene rings is 1. The van der Waals surface area contributed by atoms with Crippen LogP contribution in [0.5, 0.6) is 0 Å². The maximum atomic E-state index is 13.2. The Morgan fingerprint density at radius 2 is 2.05 bits per heavy atom. The highest BCUT2D eigenvalue weighted by Crippen LogP contribution is 2.27. The number of rotatable bonds is 5. The van der Waals surface area contributed by atoms with Crippen LogP contribution in [-0.4, -0.2) is 23.4 Å². The van der Waals surface area contributed by atoms with Crippen molar-refractivity contribution < 1.29 is 9.18 Å². The highest BCUT2D eigenvalue weighted by molar-refractivity contribution is 14.1. The Labute approximate surface area is 140 Å². The summed E-state index contributed by atoms with van der Waals surface area (Å²) in [5.74, 6) is 0.353. The van der Waals surface area contributed by atoms with Crippen LogP contribution >= 0.6 is 22.6 Å². The monoisotopic (exact) mass is 403 g/mol. The van der Waals surface area contributed by atoms with Crippen molar-refractivity contribution in [3.63, 3.8) is 0 Å². The molecule has 0 heterocycles. The summed E-state index contributed by atoms with van der Waals surface area (Å²) >= 11 is 2.05. The summed E-state index contributed by atoms with van der Waals surface area (Å²) in [7, 11) is 0. The first kappa shape index (κ1) is 16.7. The highest BCUT2D eigenvalue weighted by atomic mass is 127. The molecule has 1 aromatic carbocycles. The van der Waals surface area contributed by atoms with Gasteiger partial charge in [0.15, 0.2) is 0 Å². The summed E-state index contributed by atoms with van der Waals surface area (Å²) in [4.78, 5) is 14.9. The van der Waals surface area contributed by atoms with Crippen LogP contribution in [0.15, 0.2) is 18.2 Å². The van der Waals surface area contributed by atoms with Gasteiger partial charge in [0.25, 0.3) is 5.91 Å². The van der Waals surface area contributed by atoms with Gasteiger partial charge in [-0.2, -0.15) is 0 Å². The van der Waals surface area contributed by atoms with Gasteiger partial charge >= 0.3 is 0 Å². The molecule has 0 aliphatic heterocycles. The minimum Gasteiger partial charge on any atom is -0.336 e. The zero-order valence-corrected chi connectivity index (χ0v) is 14.9. The van der Waals surface area contributed by atoms with E-state index in [9.17, 15) is 9.18 Å². The summed E-state index contributed by atoms with van der Waals surface area (Å²) in [6.45, 7) is 5.16. The van der Waals surface area contributed by atoms with Crippen LogP contribution < -0.4 is 0 Å². The van der Waals surface area contributed by atoms with E-state index in [1.165, 1.54) is 25.0 Å². The molecule has 2 nitrogen and oxygen atoms in total. The molecular formula is C17H23FINO. The largest absolute Gasteiger partial charge is 0.336 e. The first-order chi connectivity index (χ1) is 9.99. The van der Waals surface area contributed by atoms with E-state index in [1.807, 2.05) is 4.90 Å². The van der Waals surface area contributed by atoms with Crippen LogP contribution in [0.4, 0.5) is 4.39 Å². The van der Waals surface area contributed by atoms with E-state index in [-0.39, 0.29) is 11.7 Å². The van der Waals surface area contributed by atoms with E-state index >= 15 is 0 Å². The molecule has 1 aliphatic carbocycles. The molecule has 4 heteroatoms. The molecule has 0 radical (unpaired) electrons. The fraction of sp³-hybridized carbons (Fsp3) is 0.588. The fourth-order valence-electron chi connectivity index (χ4n) is 2.88. The zero-order chi connectivity index (χ0) is 15.4. The molecule has 1 amide bonds. The Morgan fingerprint density at radius 3 is 2.62 bits per heavy atom. The molecule has 1 aromatic rings. The van der Waals surface area contributed by atoms with Crippen molar-refractivity contribution in [3.05, 3.63) is 33.1 Å². The molecule has 1 aliphatic rings. The third-order valence-electron chi connectivity index (χ3n) is 4.14. The molecular weight excluding hydrogens is 380 g/mol. The van der Waals surface area contributed by atoms with E-state index in [0.717, 1.165) is 25.8 Å². The van der Waals surface area contributed by atoms with Gasteiger partial charge in [-0.15, -0.1) is 0 Å². The summed E-state index contributed by atoms with van der Waals surface area (Å²) < 4.78 is 13.9. The molecule has 0 spiro atoms. The lowest BCUT2D eigenvalue weighted by Crippen LogP contribution is -2.40. The second-order valence-electron chi connectivity index (χ2n) is 6.24. The summed E-state index contributed by atoms with van der Waals surface area (Å²) in [5.41, 5.74) is 0.632. The first-order valence-electron chi connectivity index (χ1n) is 7.75. The van der Waals surface area contributed by atoms with Gasteiger partial charge in [-0.05, 0) is 66.0 Å². The summed E-state index contributed by atoms with van der Waals surface area (Å²) in [5, 5.41) is 0. The standard InChI is InChI=1S/C17H23FINO/c1-12(2)9-10-20(14-5-3-4-6-14)17(21)15-8-7-13(18)11-16(15)19/h7-8,11-12,14H,3-6,9-10H2,1-2H3. The molecule has 0 N–H and O–H groups in total. The Bertz CT molecular complexity index is 498. The normalized spacial score (nSPS) is 15.7. The molecule has 0 bridgehead atoms. The van der Waals surface area contributed by atoms with Gasteiger partial charge in [0.2, 0.25) is 0 Å². The van der Waals surface area contributed by atoms with Crippen LogP contribution in [0.25, 0.3) is 0 Å². The fourth-order valence-corrected chi connectivity index (χ4v) is 3.59. The smallest absolute Gasteiger partial charge is 0.255 e. The minimum atomic E-state index is -0.287. The van der Waals surface area contributed by atoms with E-state index < -0.39 is 0 Å². The third kappa shape index (κ3) is 4.41. The lowest BCUT2D eigenvalue weighted by Gasteiger charge is -2.30. The third-order valence-corrected chi connectivity index (χ3v) is 5.03. The molecule has 2 rings (SSSR count). The van der Waals surface area contributed by atoms with Crippen molar-refractivity contribution in [1.29, 1.82) is 0 Å². The molecule has 0 aromatic heterocycles. The van der Waals surface area contributed by atoms with Crippen molar-refractivity contribution in [2.75, 3.05) is 6.54 Å². The molecule has 116 valence electrons. The van der Waals surface area contributed by atoms with Gasteiger partial charge in [0, 0.05) is 16.2 Å². The summed E-state index contributed by atoms with van der Waals surface area (Å²) in [6.07, 6.45) is 5.62. The minimum absolute atomic E-state index is 0.0620. The Balaban J connectivity index is 2.19. The van der Waals surface area contributed by atoms with Crippen molar-refractivity contribution in [2.45, 2.75) is 52.0 Å². The van der Waals surface area contributed by atoms with E-state index in [1.54, 1.807) is 6.07 Å².